The number of rotatable bonds is 9. The van der Waals surface area contributed by atoms with Crippen molar-refractivity contribution in [2.24, 2.45) is 5.92 Å². The Kier molecular flexibility index (Phi) is 7.95. The van der Waals surface area contributed by atoms with Gasteiger partial charge in [-0.25, -0.2) is 0 Å². The van der Waals surface area contributed by atoms with Crippen LogP contribution in [0.2, 0.25) is 0 Å². The molecule has 8 nitrogen and oxygen atoms in total. The van der Waals surface area contributed by atoms with E-state index in [0.717, 1.165) is 0 Å². The monoisotopic (exact) mass is 290 g/mol. The topological polar surface area (TPSA) is 127 Å². The summed E-state index contributed by atoms with van der Waals surface area (Å²) in [6, 6.07) is 0. The zero-order chi connectivity index (χ0) is 15.7. The number of carboxylic acids is 2. The van der Waals surface area contributed by atoms with Gasteiger partial charge in [0.1, 0.15) is 12.8 Å². The Bertz CT molecular complexity index is 342. The number of carbonyl (C=O) groups is 4. The Morgan fingerprint density at radius 2 is 1.20 bits per heavy atom. The van der Waals surface area contributed by atoms with Gasteiger partial charge in [-0.3, -0.25) is 19.2 Å². The first-order valence-electron chi connectivity index (χ1n) is 6.12. The Morgan fingerprint density at radius 1 is 0.850 bits per heavy atom. The van der Waals surface area contributed by atoms with Crippen LogP contribution in [0.5, 0.6) is 0 Å². The van der Waals surface area contributed by atoms with Crippen molar-refractivity contribution >= 4 is 23.9 Å². The predicted molar refractivity (Wildman–Crippen MR) is 64.5 cm³/mol. The second-order valence-corrected chi connectivity index (χ2v) is 4.07. The molecule has 0 rings (SSSR count). The van der Waals surface area contributed by atoms with Crippen LogP contribution in [-0.4, -0.2) is 40.4 Å². The van der Waals surface area contributed by atoms with E-state index in [1.54, 1.807) is 13.8 Å². The fourth-order valence-electron chi connectivity index (χ4n) is 1.48. The summed E-state index contributed by atoms with van der Waals surface area (Å²) in [5, 5.41) is 16.9. The summed E-state index contributed by atoms with van der Waals surface area (Å²) in [5.74, 6) is -5.15. The van der Waals surface area contributed by atoms with E-state index >= 15 is 0 Å². The lowest BCUT2D eigenvalue weighted by Gasteiger charge is -2.24. The zero-order valence-electron chi connectivity index (χ0n) is 11.3. The summed E-state index contributed by atoms with van der Waals surface area (Å²) in [6.07, 6.45) is -1.95. The van der Waals surface area contributed by atoms with E-state index < -0.39 is 43.0 Å². The highest BCUT2D eigenvalue weighted by Crippen LogP contribution is 2.19. The standard InChI is InChI=1S/C12H18O8/c1-3-7(4-2)12(19-10(17)5-8(13)14)20-11(18)6-9(15)16/h7,12H,3-6H2,1-2H3,(H,13,14)(H,15,16). The Hall–Kier alpha value is -2.12. The van der Waals surface area contributed by atoms with Gasteiger partial charge in [0.05, 0.1) is 0 Å². The molecular formula is C12H18O8. The summed E-state index contributed by atoms with van der Waals surface area (Å²) in [5.41, 5.74) is 0. The molecule has 0 atom stereocenters. The van der Waals surface area contributed by atoms with Crippen LogP contribution < -0.4 is 0 Å². The minimum Gasteiger partial charge on any atom is -0.481 e. The van der Waals surface area contributed by atoms with Gasteiger partial charge in [-0.1, -0.05) is 13.8 Å². The molecule has 0 saturated heterocycles. The average Bonchev–Trinajstić information content (AvgIpc) is 2.27. The lowest BCUT2D eigenvalue weighted by Crippen LogP contribution is -2.32. The third-order valence-electron chi connectivity index (χ3n) is 2.52. The van der Waals surface area contributed by atoms with Crippen LogP contribution in [0.3, 0.4) is 0 Å². The van der Waals surface area contributed by atoms with Crippen molar-refractivity contribution in [3.05, 3.63) is 0 Å². The van der Waals surface area contributed by atoms with Crippen LogP contribution >= 0.6 is 0 Å². The van der Waals surface area contributed by atoms with E-state index in [1.807, 2.05) is 0 Å². The van der Waals surface area contributed by atoms with Crippen molar-refractivity contribution in [3.63, 3.8) is 0 Å². The first-order valence-corrected chi connectivity index (χ1v) is 6.12. The lowest BCUT2D eigenvalue weighted by atomic mass is 10.0. The fraction of sp³-hybridized carbons (Fsp3) is 0.667. The van der Waals surface area contributed by atoms with Crippen molar-refractivity contribution in [2.75, 3.05) is 0 Å². The lowest BCUT2D eigenvalue weighted by molar-refractivity contribution is -0.199. The molecule has 0 spiro atoms. The predicted octanol–water partition coefficient (Wildman–Crippen LogP) is 0.784. The van der Waals surface area contributed by atoms with Gasteiger partial charge >= 0.3 is 23.9 Å². The van der Waals surface area contributed by atoms with Gasteiger partial charge in [0.25, 0.3) is 0 Å². The number of carbonyl (C=O) groups excluding carboxylic acids is 2. The van der Waals surface area contributed by atoms with E-state index in [0.29, 0.717) is 12.8 Å². The summed E-state index contributed by atoms with van der Waals surface area (Å²) < 4.78 is 9.60. The number of carboxylic acid groups (broad SMARTS) is 2. The molecule has 0 unspecified atom stereocenters. The smallest absolute Gasteiger partial charge is 0.320 e. The molecule has 0 heterocycles. The molecule has 0 aromatic carbocycles. The van der Waals surface area contributed by atoms with Crippen molar-refractivity contribution in [3.8, 4) is 0 Å². The molecule has 0 aromatic heterocycles. The first-order chi connectivity index (χ1) is 9.29. The van der Waals surface area contributed by atoms with E-state index in [1.165, 1.54) is 0 Å². The number of hydrogen-bond donors (Lipinski definition) is 2. The molecule has 0 aliphatic carbocycles. The maximum Gasteiger partial charge on any atom is 0.320 e. The molecule has 0 fully saturated rings. The number of ether oxygens (including phenoxy) is 2. The van der Waals surface area contributed by atoms with Crippen molar-refractivity contribution in [1.82, 2.24) is 0 Å². The number of aliphatic carboxylic acids is 2. The molecule has 0 radical (unpaired) electrons. The minimum absolute atomic E-state index is 0.328. The van der Waals surface area contributed by atoms with Gasteiger partial charge < -0.3 is 19.7 Å². The van der Waals surface area contributed by atoms with E-state index in [2.05, 4.69) is 0 Å². The van der Waals surface area contributed by atoms with Gasteiger partial charge in [0, 0.05) is 5.92 Å². The minimum atomic E-state index is -1.37. The van der Waals surface area contributed by atoms with E-state index in [-0.39, 0.29) is 5.92 Å². The highest BCUT2D eigenvalue weighted by atomic mass is 16.7. The molecule has 2 N–H and O–H groups in total. The molecule has 0 aromatic rings. The third-order valence-corrected chi connectivity index (χ3v) is 2.52. The SMILES string of the molecule is CCC(CC)C(OC(=O)CC(=O)O)OC(=O)CC(=O)O. The summed E-state index contributed by atoms with van der Waals surface area (Å²) in [7, 11) is 0. The van der Waals surface area contributed by atoms with Crippen LogP contribution in [0.15, 0.2) is 0 Å². The van der Waals surface area contributed by atoms with Crippen molar-refractivity contribution in [2.45, 2.75) is 45.8 Å². The summed E-state index contributed by atoms with van der Waals surface area (Å²) >= 11 is 0. The molecule has 20 heavy (non-hydrogen) atoms. The molecule has 0 aliphatic rings. The van der Waals surface area contributed by atoms with Crippen LogP contribution in [0, 0.1) is 5.92 Å². The first kappa shape index (κ1) is 17.9. The summed E-state index contributed by atoms with van der Waals surface area (Å²) in [6.45, 7) is 3.55. The molecule has 0 aliphatic heterocycles. The Labute approximate surface area is 115 Å². The quantitative estimate of drug-likeness (QED) is 0.362. The largest absolute Gasteiger partial charge is 0.481 e. The highest BCUT2D eigenvalue weighted by molar-refractivity contribution is 5.91. The van der Waals surface area contributed by atoms with Gasteiger partial charge in [-0.2, -0.15) is 0 Å². The fourth-order valence-corrected chi connectivity index (χ4v) is 1.48. The van der Waals surface area contributed by atoms with Crippen molar-refractivity contribution < 1.29 is 38.9 Å². The van der Waals surface area contributed by atoms with Gasteiger partial charge in [0.2, 0.25) is 6.29 Å². The van der Waals surface area contributed by atoms with Gasteiger partial charge in [0.15, 0.2) is 0 Å². The summed E-state index contributed by atoms with van der Waals surface area (Å²) in [4.78, 5) is 43.3. The molecule has 0 saturated carbocycles. The molecule has 0 bridgehead atoms. The third kappa shape index (κ3) is 7.34. The Morgan fingerprint density at radius 3 is 1.45 bits per heavy atom. The molecule has 0 amide bonds. The molecule has 8 heteroatoms. The molecule has 114 valence electrons. The van der Waals surface area contributed by atoms with Crippen molar-refractivity contribution in [1.29, 1.82) is 0 Å². The Balaban J connectivity index is 4.72. The van der Waals surface area contributed by atoms with Crippen LogP contribution in [-0.2, 0) is 28.7 Å². The van der Waals surface area contributed by atoms with Crippen LogP contribution in [0.4, 0.5) is 0 Å². The number of hydrogen-bond acceptors (Lipinski definition) is 6. The van der Waals surface area contributed by atoms with Gasteiger partial charge in [-0.15, -0.1) is 0 Å². The maximum absolute atomic E-state index is 11.3. The maximum atomic E-state index is 11.3. The van der Waals surface area contributed by atoms with Crippen LogP contribution in [0.25, 0.3) is 0 Å². The normalized spacial score (nSPS) is 10.4. The van der Waals surface area contributed by atoms with Gasteiger partial charge in [-0.05, 0) is 12.8 Å². The average molecular weight is 290 g/mol. The molecular weight excluding hydrogens is 272 g/mol. The highest BCUT2D eigenvalue weighted by Gasteiger charge is 2.28. The number of esters is 2. The second kappa shape index (κ2) is 8.89. The van der Waals surface area contributed by atoms with Crippen LogP contribution in [0.1, 0.15) is 39.5 Å². The van der Waals surface area contributed by atoms with E-state index in [9.17, 15) is 19.2 Å². The van der Waals surface area contributed by atoms with E-state index in [4.69, 9.17) is 19.7 Å². The second-order valence-electron chi connectivity index (χ2n) is 4.07. The zero-order valence-corrected chi connectivity index (χ0v) is 11.3.